The van der Waals surface area contributed by atoms with Crippen molar-refractivity contribution in [3.8, 4) is 12.3 Å². The second-order valence-corrected chi connectivity index (χ2v) is 3.00. The van der Waals surface area contributed by atoms with Crippen molar-refractivity contribution in [3.63, 3.8) is 0 Å². The van der Waals surface area contributed by atoms with E-state index in [1.165, 1.54) is 0 Å². The second-order valence-electron chi connectivity index (χ2n) is 3.00. The maximum absolute atomic E-state index is 5.25. The number of aromatic nitrogens is 2. The van der Waals surface area contributed by atoms with Gasteiger partial charge in [-0.2, -0.15) is 5.10 Å². The first kappa shape index (κ1) is 9.78. The minimum Gasteiger partial charge on any atom is -0.270 e. The molecule has 0 aliphatic heterocycles. The Kier molecular flexibility index (Phi) is 3.07. The van der Waals surface area contributed by atoms with Gasteiger partial charge in [-0.25, -0.2) is 5.43 Å². The van der Waals surface area contributed by atoms with Crippen molar-refractivity contribution in [2.75, 3.05) is 0 Å². The highest BCUT2D eigenvalue weighted by atomic mass is 15.3. The topological polar surface area (TPSA) is 55.9 Å². The van der Waals surface area contributed by atoms with Gasteiger partial charge in [-0.3, -0.25) is 10.5 Å². The van der Waals surface area contributed by atoms with Crippen LogP contribution in [-0.4, -0.2) is 15.8 Å². The molecule has 0 saturated carbocycles. The normalized spacial score (nSPS) is 12.5. The van der Waals surface area contributed by atoms with E-state index in [2.05, 4.69) is 16.4 Å². The molecule has 0 aromatic carbocycles. The first-order valence-corrected chi connectivity index (χ1v) is 4.10. The van der Waals surface area contributed by atoms with Crippen molar-refractivity contribution < 1.29 is 0 Å². The molecule has 1 heterocycles. The molecule has 0 radical (unpaired) electrons. The van der Waals surface area contributed by atoms with E-state index in [0.29, 0.717) is 6.54 Å². The molecule has 0 bridgehead atoms. The van der Waals surface area contributed by atoms with Crippen LogP contribution in [0.2, 0.25) is 0 Å². The number of nitrogens with one attached hydrogen (secondary N) is 1. The highest BCUT2D eigenvalue weighted by Gasteiger charge is 2.06. The Morgan fingerprint density at radius 3 is 2.85 bits per heavy atom. The molecule has 13 heavy (non-hydrogen) atoms. The van der Waals surface area contributed by atoms with Crippen LogP contribution in [0, 0.1) is 26.2 Å². The molecule has 1 aromatic rings. The molecule has 1 rings (SSSR count). The fourth-order valence-corrected chi connectivity index (χ4v) is 1.19. The number of hydrogen-bond donors (Lipinski definition) is 2. The smallest absolute Gasteiger partial charge is 0.101 e. The van der Waals surface area contributed by atoms with E-state index in [0.717, 1.165) is 11.4 Å². The number of aryl methyl sites for hydroxylation is 2. The van der Waals surface area contributed by atoms with E-state index in [9.17, 15) is 0 Å². The average Bonchev–Trinajstić information content (AvgIpc) is 2.41. The van der Waals surface area contributed by atoms with Gasteiger partial charge < -0.3 is 0 Å². The third-order valence-electron chi connectivity index (χ3n) is 1.86. The van der Waals surface area contributed by atoms with Gasteiger partial charge in [0.25, 0.3) is 0 Å². The zero-order valence-electron chi connectivity index (χ0n) is 7.91. The lowest BCUT2D eigenvalue weighted by Crippen LogP contribution is -2.37. The van der Waals surface area contributed by atoms with Crippen molar-refractivity contribution in [2.45, 2.75) is 26.4 Å². The number of hydrazine groups is 1. The van der Waals surface area contributed by atoms with Gasteiger partial charge in [0.2, 0.25) is 0 Å². The minimum atomic E-state index is -0.169. The van der Waals surface area contributed by atoms with E-state index in [1.54, 1.807) is 0 Å². The summed E-state index contributed by atoms with van der Waals surface area (Å²) in [6, 6.07) is 1.84. The third-order valence-corrected chi connectivity index (χ3v) is 1.86. The van der Waals surface area contributed by atoms with Gasteiger partial charge >= 0.3 is 0 Å². The first-order valence-electron chi connectivity index (χ1n) is 4.10. The molecule has 4 nitrogen and oxygen atoms in total. The van der Waals surface area contributed by atoms with Gasteiger partial charge in [0.1, 0.15) is 6.04 Å². The van der Waals surface area contributed by atoms with Crippen LogP contribution < -0.4 is 11.3 Å². The van der Waals surface area contributed by atoms with E-state index in [4.69, 9.17) is 12.3 Å². The summed E-state index contributed by atoms with van der Waals surface area (Å²) in [6.45, 7) is 4.54. The SMILES string of the molecule is C#CC(Cn1nc(C)cc1C)NN. The van der Waals surface area contributed by atoms with Crippen molar-refractivity contribution in [3.05, 3.63) is 17.5 Å². The zero-order valence-corrected chi connectivity index (χ0v) is 7.91. The van der Waals surface area contributed by atoms with Gasteiger partial charge in [-0.15, -0.1) is 6.42 Å². The van der Waals surface area contributed by atoms with Crippen LogP contribution in [0.5, 0.6) is 0 Å². The van der Waals surface area contributed by atoms with Crippen LogP contribution in [0.4, 0.5) is 0 Å². The summed E-state index contributed by atoms with van der Waals surface area (Å²) < 4.78 is 1.85. The van der Waals surface area contributed by atoms with Gasteiger partial charge in [-0.1, -0.05) is 5.92 Å². The van der Waals surface area contributed by atoms with Gasteiger partial charge in [0, 0.05) is 5.69 Å². The molecule has 70 valence electrons. The highest BCUT2D eigenvalue weighted by Crippen LogP contribution is 2.02. The largest absolute Gasteiger partial charge is 0.270 e. The standard InChI is InChI=1S/C9H14N4/c1-4-9(11-10)6-13-8(3)5-7(2)12-13/h1,5,9,11H,6,10H2,2-3H3. The maximum Gasteiger partial charge on any atom is 0.101 e. The van der Waals surface area contributed by atoms with Crippen molar-refractivity contribution >= 4 is 0 Å². The molecule has 1 aromatic heterocycles. The Hall–Kier alpha value is -1.31. The molecule has 1 unspecified atom stereocenters. The molecule has 0 aliphatic carbocycles. The van der Waals surface area contributed by atoms with Crippen LogP contribution in [-0.2, 0) is 6.54 Å². The predicted molar refractivity (Wildman–Crippen MR) is 51.6 cm³/mol. The molecular weight excluding hydrogens is 164 g/mol. The molecule has 0 amide bonds. The van der Waals surface area contributed by atoms with Crippen LogP contribution in [0.15, 0.2) is 6.07 Å². The predicted octanol–water partition coefficient (Wildman–Crippen LogP) is -0.0350. The maximum atomic E-state index is 5.25. The Morgan fingerprint density at radius 1 is 1.77 bits per heavy atom. The summed E-state index contributed by atoms with van der Waals surface area (Å²) in [6.07, 6.45) is 5.25. The van der Waals surface area contributed by atoms with Crippen LogP contribution in [0.25, 0.3) is 0 Å². The molecule has 3 N–H and O–H groups in total. The molecule has 0 spiro atoms. The Morgan fingerprint density at radius 2 is 2.46 bits per heavy atom. The molecule has 4 heteroatoms. The third kappa shape index (κ3) is 2.31. The lowest BCUT2D eigenvalue weighted by Gasteiger charge is -2.10. The van der Waals surface area contributed by atoms with E-state index in [-0.39, 0.29) is 6.04 Å². The van der Waals surface area contributed by atoms with Crippen LogP contribution in [0.3, 0.4) is 0 Å². The number of hydrogen-bond acceptors (Lipinski definition) is 3. The lowest BCUT2D eigenvalue weighted by atomic mass is 10.3. The molecular formula is C9H14N4. The van der Waals surface area contributed by atoms with E-state index >= 15 is 0 Å². The van der Waals surface area contributed by atoms with Crippen LogP contribution >= 0.6 is 0 Å². The van der Waals surface area contributed by atoms with Crippen molar-refractivity contribution in [2.24, 2.45) is 5.84 Å². The molecule has 0 saturated heterocycles. The Labute approximate surface area is 78.1 Å². The van der Waals surface area contributed by atoms with Crippen molar-refractivity contribution in [1.82, 2.24) is 15.2 Å². The summed E-state index contributed by atoms with van der Waals surface area (Å²) in [4.78, 5) is 0. The quantitative estimate of drug-likeness (QED) is 0.388. The van der Waals surface area contributed by atoms with Gasteiger partial charge in [-0.05, 0) is 19.9 Å². The summed E-state index contributed by atoms with van der Waals surface area (Å²) in [5, 5.41) is 4.27. The lowest BCUT2D eigenvalue weighted by molar-refractivity contribution is 0.495. The van der Waals surface area contributed by atoms with Crippen molar-refractivity contribution in [1.29, 1.82) is 0 Å². The zero-order chi connectivity index (χ0) is 9.84. The van der Waals surface area contributed by atoms with Gasteiger partial charge in [0.05, 0.1) is 12.2 Å². The minimum absolute atomic E-state index is 0.169. The number of rotatable bonds is 3. The second kappa shape index (κ2) is 4.08. The average molecular weight is 178 g/mol. The molecule has 0 aliphatic rings. The molecule has 1 atom stereocenters. The molecule has 0 fully saturated rings. The highest BCUT2D eigenvalue weighted by molar-refractivity contribution is 5.08. The summed E-state index contributed by atoms with van der Waals surface area (Å²) in [5.74, 6) is 7.79. The van der Waals surface area contributed by atoms with Crippen LogP contribution in [0.1, 0.15) is 11.4 Å². The fourth-order valence-electron chi connectivity index (χ4n) is 1.19. The van der Waals surface area contributed by atoms with Gasteiger partial charge in [0.15, 0.2) is 0 Å². The van der Waals surface area contributed by atoms with E-state index < -0.39 is 0 Å². The Balaban J connectivity index is 2.74. The summed E-state index contributed by atoms with van der Waals surface area (Å²) in [5.41, 5.74) is 4.62. The van der Waals surface area contributed by atoms with E-state index in [1.807, 2.05) is 24.6 Å². The summed E-state index contributed by atoms with van der Waals surface area (Å²) >= 11 is 0. The monoisotopic (exact) mass is 178 g/mol. The number of terminal acetylenes is 1. The Bertz CT molecular complexity index is 321. The number of nitrogens with zero attached hydrogens (tertiary/aromatic N) is 2. The fraction of sp³-hybridized carbons (Fsp3) is 0.444. The summed E-state index contributed by atoms with van der Waals surface area (Å²) in [7, 11) is 0. The number of nitrogens with two attached hydrogens (primary N) is 1. The first-order chi connectivity index (χ1) is 6.17.